The van der Waals surface area contributed by atoms with Gasteiger partial charge < -0.3 is 20.3 Å². The van der Waals surface area contributed by atoms with E-state index in [-0.39, 0.29) is 12.5 Å². The number of benzene rings is 2. The molecule has 1 aliphatic heterocycles. The second-order valence-corrected chi connectivity index (χ2v) is 6.06. The molecule has 0 radical (unpaired) electrons. The molecule has 0 saturated carbocycles. The average Bonchev–Trinajstić information content (AvgIpc) is 2.68. The fraction of sp³-hybridized carbons (Fsp3) is 0.350. The number of carbonyl (C=O) groups is 1. The smallest absolute Gasteiger partial charge is 0.239 e. The highest BCUT2D eigenvalue weighted by Gasteiger charge is 2.14. The normalized spacial score (nSPS) is 14.2. The molecule has 2 aromatic carbocycles. The topological polar surface area (TPSA) is 53.6 Å². The van der Waals surface area contributed by atoms with Crippen LogP contribution in [0.3, 0.4) is 0 Å². The van der Waals surface area contributed by atoms with Crippen molar-refractivity contribution in [2.45, 2.75) is 6.42 Å². The predicted molar refractivity (Wildman–Crippen MR) is 101 cm³/mol. The van der Waals surface area contributed by atoms with E-state index in [4.69, 9.17) is 4.74 Å². The molecule has 0 unspecified atom stereocenters. The van der Waals surface area contributed by atoms with Crippen LogP contribution in [0, 0.1) is 0 Å². The summed E-state index contributed by atoms with van der Waals surface area (Å²) in [6, 6.07) is 18.3. The Labute approximate surface area is 149 Å². The van der Waals surface area contributed by atoms with Crippen molar-refractivity contribution in [2.24, 2.45) is 0 Å². The third-order valence-corrected chi connectivity index (χ3v) is 4.27. The summed E-state index contributed by atoms with van der Waals surface area (Å²) >= 11 is 0. The summed E-state index contributed by atoms with van der Waals surface area (Å²) < 4.78 is 5.41. The quantitative estimate of drug-likeness (QED) is 0.813. The van der Waals surface area contributed by atoms with Gasteiger partial charge in [0.25, 0.3) is 0 Å². The molecule has 132 valence electrons. The van der Waals surface area contributed by atoms with E-state index in [1.54, 1.807) is 0 Å². The molecule has 1 heterocycles. The van der Waals surface area contributed by atoms with Gasteiger partial charge in [0.1, 0.15) is 0 Å². The zero-order chi connectivity index (χ0) is 17.3. The number of carbonyl (C=O) groups excluding carboxylic acids is 1. The lowest BCUT2D eigenvalue weighted by atomic mass is 10.1. The summed E-state index contributed by atoms with van der Waals surface area (Å²) in [6.45, 7) is 4.17. The first-order valence-electron chi connectivity index (χ1n) is 8.79. The van der Waals surface area contributed by atoms with E-state index in [1.165, 1.54) is 5.56 Å². The Kier molecular flexibility index (Phi) is 6.29. The van der Waals surface area contributed by atoms with Gasteiger partial charge in [0.15, 0.2) is 0 Å². The largest absolute Gasteiger partial charge is 0.378 e. The summed E-state index contributed by atoms with van der Waals surface area (Å²) in [6.07, 6.45) is 0.844. The number of rotatable bonds is 7. The van der Waals surface area contributed by atoms with Crippen LogP contribution in [-0.2, 0) is 16.0 Å². The molecule has 3 rings (SSSR count). The number of para-hydroxylation sites is 2. The maximum Gasteiger partial charge on any atom is 0.239 e. The van der Waals surface area contributed by atoms with Gasteiger partial charge in [-0.05, 0) is 24.1 Å². The number of anilines is 2. The maximum absolute atomic E-state index is 12.1. The number of hydrogen-bond donors (Lipinski definition) is 2. The SMILES string of the molecule is O=C(CNc1ccccc1N1CCOCC1)NCCc1ccccc1. The molecule has 1 saturated heterocycles. The standard InChI is InChI=1S/C20H25N3O2/c24-20(21-11-10-17-6-2-1-3-7-17)16-22-18-8-4-5-9-19(18)23-12-14-25-15-13-23/h1-9,22H,10-16H2,(H,21,24). The van der Waals surface area contributed by atoms with Gasteiger partial charge in [-0.25, -0.2) is 0 Å². The van der Waals surface area contributed by atoms with Crippen molar-refractivity contribution in [1.29, 1.82) is 0 Å². The highest BCUT2D eigenvalue weighted by atomic mass is 16.5. The molecule has 25 heavy (non-hydrogen) atoms. The van der Waals surface area contributed by atoms with Crippen molar-refractivity contribution >= 4 is 17.3 Å². The number of amides is 1. The average molecular weight is 339 g/mol. The highest BCUT2D eigenvalue weighted by molar-refractivity contribution is 5.82. The van der Waals surface area contributed by atoms with Gasteiger partial charge in [-0.2, -0.15) is 0 Å². The maximum atomic E-state index is 12.1. The van der Waals surface area contributed by atoms with Crippen molar-refractivity contribution < 1.29 is 9.53 Å². The van der Waals surface area contributed by atoms with Crippen LogP contribution in [0.5, 0.6) is 0 Å². The number of hydrogen-bond acceptors (Lipinski definition) is 4. The van der Waals surface area contributed by atoms with Crippen LogP contribution in [-0.4, -0.2) is 45.3 Å². The van der Waals surface area contributed by atoms with Gasteiger partial charge in [0.2, 0.25) is 5.91 Å². The Hall–Kier alpha value is -2.53. The van der Waals surface area contributed by atoms with E-state index in [2.05, 4.69) is 33.7 Å². The zero-order valence-corrected chi connectivity index (χ0v) is 14.4. The second kappa shape index (κ2) is 9.08. The fourth-order valence-electron chi connectivity index (χ4n) is 2.93. The zero-order valence-electron chi connectivity index (χ0n) is 14.4. The molecule has 5 heteroatoms. The number of nitrogens with one attached hydrogen (secondary N) is 2. The third kappa shape index (κ3) is 5.22. The van der Waals surface area contributed by atoms with E-state index in [0.717, 1.165) is 44.1 Å². The summed E-state index contributed by atoms with van der Waals surface area (Å²) in [4.78, 5) is 14.4. The van der Waals surface area contributed by atoms with Crippen molar-refractivity contribution in [3.63, 3.8) is 0 Å². The minimum absolute atomic E-state index is 0.00714. The van der Waals surface area contributed by atoms with Crippen molar-refractivity contribution in [3.8, 4) is 0 Å². The molecule has 0 spiro atoms. The molecule has 0 atom stereocenters. The fourth-order valence-corrected chi connectivity index (χ4v) is 2.93. The van der Waals surface area contributed by atoms with Gasteiger partial charge in [-0.3, -0.25) is 4.79 Å². The first-order chi connectivity index (χ1) is 12.3. The molecule has 0 bridgehead atoms. The van der Waals surface area contributed by atoms with Crippen LogP contribution in [0.4, 0.5) is 11.4 Å². The van der Waals surface area contributed by atoms with Gasteiger partial charge in [0.05, 0.1) is 31.1 Å². The van der Waals surface area contributed by atoms with Crippen LogP contribution in [0.25, 0.3) is 0 Å². The lowest BCUT2D eigenvalue weighted by Gasteiger charge is -2.30. The van der Waals surface area contributed by atoms with E-state index >= 15 is 0 Å². The first kappa shape index (κ1) is 17.3. The van der Waals surface area contributed by atoms with Crippen LogP contribution in [0.2, 0.25) is 0 Å². The van der Waals surface area contributed by atoms with Crippen molar-refractivity contribution in [2.75, 3.05) is 49.6 Å². The molecule has 0 aromatic heterocycles. The molecule has 1 fully saturated rings. The molecular weight excluding hydrogens is 314 g/mol. The van der Waals surface area contributed by atoms with Crippen molar-refractivity contribution in [1.82, 2.24) is 5.32 Å². The molecule has 5 nitrogen and oxygen atoms in total. The minimum atomic E-state index is 0.00714. The van der Waals surface area contributed by atoms with E-state index in [1.807, 2.05) is 36.4 Å². The number of nitrogens with zero attached hydrogens (tertiary/aromatic N) is 1. The summed E-state index contributed by atoms with van der Waals surface area (Å²) in [5.41, 5.74) is 3.35. The predicted octanol–water partition coefficient (Wildman–Crippen LogP) is 2.29. The molecule has 2 N–H and O–H groups in total. The monoisotopic (exact) mass is 339 g/mol. The Morgan fingerprint density at radius 3 is 2.52 bits per heavy atom. The van der Waals surface area contributed by atoms with Crippen LogP contribution < -0.4 is 15.5 Å². The lowest BCUT2D eigenvalue weighted by molar-refractivity contribution is -0.119. The van der Waals surface area contributed by atoms with Gasteiger partial charge in [-0.15, -0.1) is 0 Å². The molecule has 0 aliphatic carbocycles. The van der Waals surface area contributed by atoms with E-state index < -0.39 is 0 Å². The van der Waals surface area contributed by atoms with E-state index in [0.29, 0.717) is 6.54 Å². The Morgan fingerprint density at radius 1 is 1.00 bits per heavy atom. The van der Waals surface area contributed by atoms with Gasteiger partial charge >= 0.3 is 0 Å². The summed E-state index contributed by atoms with van der Waals surface area (Å²) in [5.74, 6) is 0.00714. The number of morpholine rings is 1. The summed E-state index contributed by atoms with van der Waals surface area (Å²) in [5, 5.41) is 6.23. The summed E-state index contributed by atoms with van der Waals surface area (Å²) in [7, 11) is 0. The Morgan fingerprint density at radius 2 is 1.72 bits per heavy atom. The molecule has 1 aliphatic rings. The first-order valence-corrected chi connectivity index (χ1v) is 8.79. The molecule has 1 amide bonds. The van der Waals surface area contributed by atoms with Gasteiger partial charge in [0, 0.05) is 19.6 Å². The second-order valence-electron chi connectivity index (χ2n) is 6.06. The van der Waals surface area contributed by atoms with Crippen LogP contribution >= 0.6 is 0 Å². The minimum Gasteiger partial charge on any atom is -0.378 e. The molecule has 2 aromatic rings. The lowest BCUT2D eigenvalue weighted by Crippen LogP contribution is -2.37. The van der Waals surface area contributed by atoms with Crippen LogP contribution in [0.1, 0.15) is 5.56 Å². The van der Waals surface area contributed by atoms with E-state index in [9.17, 15) is 4.79 Å². The van der Waals surface area contributed by atoms with Crippen molar-refractivity contribution in [3.05, 3.63) is 60.2 Å². The third-order valence-electron chi connectivity index (χ3n) is 4.27. The Balaban J connectivity index is 1.47. The number of ether oxygens (including phenoxy) is 1. The van der Waals surface area contributed by atoms with Gasteiger partial charge in [-0.1, -0.05) is 42.5 Å². The molecular formula is C20H25N3O2. The Bertz CT molecular complexity index is 670. The highest BCUT2D eigenvalue weighted by Crippen LogP contribution is 2.25. The van der Waals surface area contributed by atoms with Crippen LogP contribution in [0.15, 0.2) is 54.6 Å².